The van der Waals surface area contributed by atoms with Gasteiger partial charge < -0.3 is 0 Å². The van der Waals surface area contributed by atoms with Gasteiger partial charge in [0.05, 0.1) is 0 Å². The number of nitrogens with one attached hydrogen (secondary N) is 4. The highest BCUT2D eigenvalue weighted by atomic mass is 28.4. The van der Waals surface area contributed by atoms with Gasteiger partial charge in [0.1, 0.15) is 0 Å². The first-order chi connectivity index (χ1) is 15.2. The van der Waals surface area contributed by atoms with Gasteiger partial charge in [0.25, 0.3) is 0 Å². The van der Waals surface area contributed by atoms with Gasteiger partial charge in [-0.25, -0.2) is 18.1 Å². The van der Waals surface area contributed by atoms with Crippen LogP contribution < -0.4 is 21.9 Å². The standard InChI is InChI=1S/C24H48N4O4Si/c1-17(2)13-21(9)25-29-33(30-26-22(10)14-18(3)4,31-27-23(11)15-19(5)6)32-28-24(12)16-20(7)8/h13-20,25-28H,1-12H3. The third kappa shape index (κ3) is 16.5. The second-order valence-electron chi connectivity index (χ2n) is 9.69. The molecule has 0 aliphatic rings. The topological polar surface area (TPSA) is 85.0 Å². The van der Waals surface area contributed by atoms with Crippen LogP contribution in [0, 0.1) is 23.7 Å². The van der Waals surface area contributed by atoms with Crippen LogP contribution in [0.1, 0.15) is 83.1 Å². The summed E-state index contributed by atoms with van der Waals surface area (Å²) in [5.74, 6) is 1.38. The molecule has 0 saturated heterocycles. The molecule has 9 heteroatoms. The third-order valence-corrected chi connectivity index (χ3v) is 5.09. The van der Waals surface area contributed by atoms with Crippen LogP contribution in [0.4, 0.5) is 0 Å². The summed E-state index contributed by atoms with van der Waals surface area (Å²) in [4.78, 5) is 0. The Kier molecular flexibility index (Phi) is 15.1. The molecule has 0 aliphatic carbocycles. The highest BCUT2D eigenvalue weighted by Crippen LogP contribution is 2.13. The molecule has 33 heavy (non-hydrogen) atoms. The molecule has 0 fully saturated rings. The first kappa shape index (κ1) is 31.2. The summed E-state index contributed by atoms with van der Waals surface area (Å²) in [6.45, 7) is 24.3. The van der Waals surface area contributed by atoms with Crippen LogP contribution in [0.2, 0.25) is 0 Å². The lowest BCUT2D eigenvalue weighted by atomic mass is 10.2. The molecular weight excluding hydrogens is 436 g/mol. The summed E-state index contributed by atoms with van der Waals surface area (Å²) in [5.41, 5.74) is 14.9. The molecule has 0 saturated carbocycles. The van der Waals surface area contributed by atoms with Gasteiger partial charge in [-0.05, 0) is 51.4 Å². The highest BCUT2D eigenvalue weighted by molar-refractivity contribution is 6.53. The van der Waals surface area contributed by atoms with Crippen molar-refractivity contribution < 1.29 is 18.1 Å². The second-order valence-corrected chi connectivity index (χ2v) is 11.5. The van der Waals surface area contributed by atoms with Crippen LogP contribution in [0.15, 0.2) is 47.1 Å². The normalized spacial score (nSPS) is 16.0. The molecular formula is C24H48N4O4Si. The molecule has 0 bridgehead atoms. The predicted molar refractivity (Wildman–Crippen MR) is 137 cm³/mol. The fourth-order valence-electron chi connectivity index (χ4n) is 2.83. The Bertz CT molecular complexity index is 568. The lowest BCUT2D eigenvalue weighted by molar-refractivity contribution is -0.107. The average Bonchev–Trinajstić information content (AvgIpc) is 2.64. The van der Waals surface area contributed by atoms with Crippen LogP contribution in [0.25, 0.3) is 0 Å². The highest BCUT2D eigenvalue weighted by Gasteiger charge is 2.52. The van der Waals surface area contributed by atoms with E-state index < -0.39 is 9.05 Å². The fourth-order valence-corrected chi connectivity index (χ4v) is 4.23. The number of rotatable bonds is 16. The van der Waals surface area contributed by atoms with E-state index in [1.807, 2.05) is 52.0 Å². The SMILES string of the molecule is CC(=CC(C)C)NO[Si](ONC(C)=CC(C)C)(ONC(C)=CC(C)C)ONC(C)=CC(C)C. The smallest absolute Gasteiger partial charge is 0.276 e. The largest absolute Gasteiger partial charge is 0.769 e. The maximum Gasteiger partial charge on any atom is 0.769 e. The van der Waals surface area contributed by atoms with Crippen LogP contribution in [-0.4, -0.2) is 9.05 Å². The molecule has 4 N–H and O–H groups in total. The van der Waals surface area contributed by atoms with Crippen LogP contribution in [0.5, 0.6) is 0 Å². The summed E-state index contributed by atoms with van der Waals surface area (Å²) in [7, 11) is -3.86. The molecule has 0 spiro atoms. The predicted octanol–water partition coefficient (Wildman–Crippen LogP) is 5.75. The van der Waals surface area contributed by atoms with E-state index >= 15 is 0 Å². The van der Waals surface area contributed by atoms with Gasteiger partial charge in [0.15, 0.2) is 0 Å². The first-order valence-corrected chi connectivity index (χ1v) is 13.4. The zero-order valence-electron chi connectivity index (χ0n) is 22.8. The number of hydrogen-bond donors (Lipinski definition) is 4. The molecule has 8 nitrogen and oxygen atoms in total. The van der Waals surface area contributed by atoms with Gasteiger partial charge in [-0.1, -0.05) is 79.7 Å². The molecule has 0 aromatic rings. The first-order valence-electron chi connectivity index (χ1n) is 11.7. The molecule has 0 heterocycles. The van der Waals surface area contributed by atoms with E-state index in [-0.39, 0.29) is 0 Å². The molecule has 0 radical (unpaired) electrons. The van der Waals surface area contributed by atoms with Crippen LogP contribution >= 0.6 is 0 Å². The third-order valence-electron chi connectivity index (χ3n) is 3.68. The van der Waals surface area contributed by atoms with Gasteiger partial charge in [-0.2, -0.15) is 0 Å². The Hall–Kier alpha value is -1.78. The van der Waals surface area contributed by atoms with Crippen molar-refractivity contribution in [3.63, 3.8) is 0 Å². The summed E-state index contributed by atoms with van der Waals surface area (Å²) in [5, 5.41) is 0. The molecule has 0 rings (SSSR count). The minimum absolute atomic E-state index is 0.345. The molecule has 0 atom stereocenters. The Balaban J connectivity index is 5.89. The summed E-state index contributed by atoms with van der Waals surface area (Å²) < 4.78 is 23.8. The average molecular weight is 485 g/mol. The molecule has 0 aliphatic heterocycles. The van der Waals surface area contributed by atoms with Crippen molar-refractivity contribution in [2.45, 2.75) is 83.1 Å². The van der Waals surface area contributed by atoms with Gasteiger partial charge >= 0.3 is 9.05 Å². The van der Waals surface area contributed by atoms with Crippen LogP contribution in [0.3, 0.4) is 0 Å². The van der Waals surface area contributed by atoms with Gasteiger partial charge in [-0.3, -0.25) is 21.9 Å². The Morgan fingerprint density at radius 3 is 0.788 bits per heavy atom. The van der Waals surface area contributed by atoms with E-state index in [0.717, 1.165) is 22.8 Å². The van der Waals surface area contributed by atoms with E-state index in [0.29, 0.717) is 23.7 Å². The molecule has 0 aromatic heterocycles. The van der Waals surface area contributed by atoms with Crippen molar-refractivity contribution in [2.75, 3.05) is 0 Å². The number of hydroxylamine groups is 4. The maximum atomic E-state index is 5.94. The summed E-state index contributed by atoms with van der Waals surface area (Å²) in [6, 6.07) is 0. The fraction of sp³-hybridized carbons (Fsp3) is 0.667. The minimum atomic E-state index is -3.86. The molecule has 0 amide bonds. The number of hydrogen-bond acceptors (Lipinski definition) is 8. The van der Waals surface area contributed by atoms with Gasteiger partial charge in [0.2, 0.25) is 0 Å². The van der Waals surface area contributed by atoms with Crippen molar-refractivity contribution in [1.82, 2.24) is 21.9 Å². The van der Waals surface area contributed by atoms with Crippen LogP contribution in [-0.2, 0) is 18.1 Å². The Labute approximate surface area is 203 Å². The van der Waals surface area contributed by atoms with Crippen molar-refractivity contribution in [3.05, 3.63) is 47.1 Å². The summed E-state index contributed by atoms with van der Waals surface area (Å²) >= 11 is 0. The maximum absolute atomic E-state index is 5.94. The van der Waals surface area contributed by atoms with Gasteiger partial charge in [-0.15, -0.1) is 0 Å². The zero-order valence-corrected chi connectivity index (χ0v) is 23.8. The molecule has 0 aromatic carbocycles. The lowest BCUT2D eigenvalue weighted by Gasteiger charge is -2.28. The van der Waals surface area contributed by atoms with Gasteiger partial charge in [0, 0.05) is 22.8 Å². The number of allylic oxidation sites excluding steroid dienone is 8. The quantitative estimate of drug-likeness (QED) is 0.163. The monoisotopic (exact) mass is 484 g/mol. The Morgan fingerprint density at radius 2 is 0.636 bits per heavy atom. The van der Waals surface area contributed by atoms with E-state index in [4.69, 9.17) is 18.1 Å². The van der Waals surface area contributed by atoms with E-state index in [2.05, 4.69) is 77.3 Å². The van der Waals surface area contributed by atoms with E-state index in [1.165, 1.54) is 0 Å². The van der Waals surface area contributed by atoms with Crippen molar-refractivity contribution in [1.29, 1.82) is 0 Å². The molecule has 0 unspecified atom stereocenters. The van der Waals surface area contributed by atoms with E-state index in [9.17, 15) is 0 Å². The van der Waals surface area contributed by atoms with E-state index in [1.54, 1.807) is 0 Å². The van der Waals surface area contributed by atoms with Crippen molar-refractivity contribution in [3.8, 4) is 0 Å². The second kappa shape index (κ2) is 15.9. The lowest BCUT2D eigenvalue weighted by Crippen LogP contribution is -2.59. The van der Waals surface area contributed by atoms with Crippen molar-refractivity contribution >= 4 is 9.05 Å². The summed E-state index contributed by atoms with van der Waals surface area (Å²) in [6.07, 6.45) is 8.13. The zero-order chi connectivity index (χ0) is 25.6. The Morgan fingerprint density at radius 1 is 0.455 bits per heavy atom. The molecule has 192 valence electrons. The minimum Gasteiger partial charge on any atom is -0.276 e. The van der Waals surface area contributed by atoms with Crippen molar-refractivity contribution in [2.24, 2.45) is 23.7 Å².